The van der Waals surface area contributed by atoms with Gasteiger partial charge in [-0.05, 0) is 123 Å². The topological polar surface area (TPSA) is 208 Å². The predicted octanol–water partition coefficient (Wildman–Crippen LogP) is 1.61. The quantitative estimate of drug-likeness (QED) is 0.166. The predicted molar refractivity (Wildman–Crippen MR) is 192 cm³/mol. The summed E-state index contributed by atoms with van der Waals surface area (Å²) in [6.45, 7) is 13.0. The maximum Gasteiger partial charge on any atom is 0.186 e. The first-order valence-corrected chi connectivity index (χ1v) is 20.9. The highest BCUT2D eigenvalue weighted by atomic mass is 16.7. The Bertz CT molecular complexity index is 1400. The third-order valence-electron chi connectivity index (χ3n) is 17.7. The van der Waals surface area contributed by atoms with E-state index in [1.165, 1.54) is 0 Å². The summed E-state index contributed by atoms with van der Waals surface area (Å²) < 4.78 is 31.1. The number of aliphatic hydroxyl groups excluding tert-OH is 8. The van der Waals surface area contributed by atoms with Crippen LogP contribution in [0.3, 0.4) is 0 Å². The second kappa shape index (κ2) is 13.5. The van der Waals surface area contributed by atoms with Gasteiger partial charge in [0.05, 0.1) is 43.7 Å². The minimum atomic E-state index is -1.57. The Morgan fingerprint density at radius 1 is 0.704 bits per heavy atom. The molecule has 3 aliphatic heterocycles. The largest absolute Gasteiger partial charge is 0.394 e. The van der Waals surface area contributed by atoms with E-state index in [0.29, 0.717) is 12.3 Å². The van der Waals surface area contributed by atoms with Gasteiger partial charge in [-0.15, -0.1) is 0 Å². The molecule has 21 atom stereocenters. The molecular weight excluding hydrogens is 700 g/mol. The Morgan fingerprint density at radius 2 is 1.39 bits per heavy atom. The number of fused-ring (bicyclic) bond motifs is 2. The second-order valence-corrected chi connectivity index (χ2v) is 20.5. The molecule has 2 spiro atoms. The fourth-order valence-electron chi connectivity index (χ4n) is 14.8. The third-order valence-corrected chi connectivity index (χ3v) is 17.7. The normalized spacial score (nSPS) is 58.4. The fourth-order valence-corrected chi connectivity index (χ4v) is 14.8. The van der Waals surface area contributed by atoms with E-state index >= 15 is 0 Å². The average molecular weight is 769 g/mol. The van der Waals surface area contributed by atoms with Crippen LogP contribution in [-0.2, 0) is 23.7 Å². The Kier molecular flexibility index (Phi) is 10.1. The van der Waals surface area contributed by atoms with Crippen molar-refractivity contribution in [1.29, 1.82) is 0 Å². The van der Waals surface area contributed by atoms with Gasteiger partial charge in [-0.3, -0.25) is 0 Å². The lowest BCUT2D eigenvalue weighted by atomic mass is 9.41. The van der Waals surface area contributed by atoms with E-state index in [1.54, 1.807) is 0 Å². The molecule has 13 heteroatoms. The van der Waals surface area contributed by atoms with Crippen molar-refractivity contribution in [3.8, 4) is 0 Å². The monoisotopic (exact) mass is 768 g/mol. The van der Waals surface area contributed by atoms with Crippen molar-refractivity contribution in [3.63, 3.8) is 0 Å². The molecule has 3 saturated heterocycles. The fraction of sp³-hybridized carbons (Fsp3) is 1.00. The Hall–Kier alpha value is -0.520. The molecular formula is C41H68O13. The van der Waals surface area contributed by atoms with Gasteiger partial charge >= 0.3 is 0 Å². The summed E-state index contributed by atoms with van der Waals surface area (Å²) in [5.74, 6) is 0.952. The lowest BCUT2D eigenvalue weighted by Gasteiger charge is -2.64. The van der Waals surface area contributed by atoms with Gasteiger partial charge in [0.25, 0.3) is 0 Å². The maximum absolute atomic E-state index is 12.0. The standard InChI is InChI=1S/C41H68O13/c1-20(23-9-11-36(2,3)54-23)28-21(43)15-39(6)26-8-7-25-37(4,19-51-35-33(49)31(47)30(46)24(16-42)52-35)27(53-34-32(48)29(45)22(44)17-50-34)10-12-40(25)18-41(26,40)14-13-38(28,39)5/h20-35,42-49H,7-19H2,1-6H3. The summed E-state index contributed by atoms with van der Waals surface area (Å²) in [5.41, 5.74) is -0.848. The summed E-state index contributed by atoms with van der Waals surface area (Å²) >= 11 is 0. The van der Waals surface area contributed by atoms with Gasteiger partial charge in [0.2, 0.25) is 0 Å². The van der Waals surface area contributed by atoms with Gasteiger partial charge in [-0.25, -0.2) is 0 Å². The molecule has 0 aromatic carbocycles. The van der Waals surface area contributed by atoms with Crippen LogP contribution in [0.2, 0.25) is 0 Å². The maximum atomic E-state index is 12.0. The Morgan fingerprint density at radius 3 is 2.07 bits per heavy atom. The van der Waals surface area contributed by atoms with Crippen LogP contribution in [0.25, 0.3) is 0 Å². The minimum absolute atomic E-state index is 0.0113. The van der Waals surface area contributed by atoms with E-state index in [9.17, 15) is 40.9 Å². The number of aliphatic hydroxyl groups is 8. The van der Waals surface area contributed by atoms with E-state index < -0.39 is 73.4 Å². The highest BCUT2D eigenvalue weighted by Gasteiger charge is 2.83. The molecule has 54 heavy (non-hydrogen) atoms. The molecule has 8 aliphatic rings. The average Bonchev–Trinajstić information content (AvgIpc) is 3.56. The van der Waals surface area contributed by atoms with E-state index in [4.69, 9.17) is 23.7 Å². The van der Waals surface area contributed by atoms with Crippen LogP contribution < -0.4 is 0 Å². The molecule has 5 aliphatic carbocycles. The first-order chi connectivity index (χ1) is 25.3. The number of hydrogen-bond acceptors (Lipinski definition) is 13. The van der Waals surface area contributed by atoms with Crippen LogP contribution >= 0.6 is 0 Å². The molecule has 8 rings (SSSR count). The highest BCUT2D eigenvalue weighted by Crippen LogP contribution is 2.89. The molecule has 0 amide bonds. The SMILES string of the molecule is CC(C1CCC(C)(C)O1)C1C(O)CC2(C)C3CCC4C(C)(COC5OC(CO)C(O)C(O)C5O)C(OC5OCC(O)C(O)C5O)CCC45CC35CCC12C. The number of hydrogen-bond donors (Lipinski definition) is 8. The number of ether oxygens (including phenoxy) is 5. The second-order valence-electron chi connectivity index (χ2n) is 20.5. The van der Waals surface area contributed by atoms with Crippen LogP contribution in [0, 0.1) is 50.7 Å². The Labute approximate surface area is 319 Å². The van der Waals surface area contributed by atoms with Crippen molar-refractivity contribution >= 4 is 0 Å². The van der Waals surface area contributed by atoms with E-state index in [-0.39, 0.29) is 70.4 Å². The molecule has 310 valence electrons. The Balaban J connectivity index is 1.07. The van der Waals surface area contributed by atoms with Crippen LogP contribution in [0.4, 0.5) is 0 Å². The van der Waals surface area contributed by atoms with Gasteiger partial charge < -0.3 is 64.5 Å². The van der Waals surface area contributed by atoms with Crippen LogP contribution in [-0.4, -0.2) is 140 Å². The smallest absolute Gasteiger partial charge is 0.186 e. The van der Waals surface area contributed by atoms with Gasteiger partial charge in [-0.2, -0.15) is 0 Å². The molecule has 0 aromatic rings. The van der Waals surface area contributed by atoms with E-state index in [1.807, 2.05) is 0 Å². The van der Waals surface area contributed by atoms with Crippen molar-refractivity contribution < 1.29 is 64.5 Å². The molecule has 13 nitrogen and oxygen atoms in total. The van der Waals surface area contributed by atoms with Crippen molar-refractivity contribution in [2.24, 2.45) is 50.7 Å². The van der Waals surface area contributed by atoms with Gasteiger partial charge in [0.15, 0.2) is 12.6 Å². The number of rotatable bonds is 8. The van der Waals surface area contributed by atoms with Crippen LogP contribution in [0.15, 0.2) is 0 Å². The molecule has 5 saturated carbocycles. The van der Waals surface area contributed by atoms with Crippen LogP contribution in [0.1, 0.15) is 106 Å². The van der Waals surface area contributed by atoms with E-state index in [0.717, 1.165) is 57.8 Å². The zero-order valence-electron chi connectivity index (χ0n) is 33.0. The van der Waals surface area contributed by atoms with E-state index in [2.05, 4.69) is 41.5 Å². The first-order valence-electron chi connectivity index (χ1n) is 20.9. The van der Waals surface area contributed by atoms with Gasteiger partial charge in [0, 0.05) is 5.41 Å². The summed E-state index contributed by atoms with van der Waals surface area (Å²) in [6, 6.07) is 0. The van der Waals surface area contributed by atoms with Crippen molar-refractivity contribution in [3.05, 3.63) is 0 Å². The zero-order chi connectivity index (χ0) is 39.0. The first kappa shape index (κ1) is 40.3. The minimum Gasteiger partial charge on any atom is -0.394 e. The lowest BCUT2D eigenvalue weighted by molar-refractivity contribution is -0.328. The molecule has 8 fully saturated rings. The molecule has 0 aromatic heterocycles. The molecule has 3 heterocycles. The zero-order valence-corrected chi connectivity index (χ0v) is 33.0. The van der Waals surface area contributed by atoms with Gasteiger partial charge in [-0.1, -0.05) is 27.7 Å². The lowest BCUT2D eigenvalue weighted by Crippen LogP contribution is -2.62. The summed E-state index contributed by atoms with van der Waals surface area (Å²) in [7, 11) is 0. The highest BCUT2D eigenvalue weighted by molar-refractivity contribution is 5.31. The van der Waals surface area contributed by atoms with Crippen molar-refractivity contribution in [2.75, 3.05) is 19.8 Å². The van der Waals surface area contributed by atoms with Crippen LogP contribution in [0.5, 0.6) is 0 Å². The summed E-state index contributed by atoms with van der Waals surface area (Å²) in [6.07, 6.45) is -3.60. The molecule has 0 bridgehead atoms. The third kappa shape index (κ3) is 5.64. The molecule has 8 N–H and O–H groups in total. The molecule has 0 radical (unpaired) electrons. The van der Waals surface area contributed by atoms with Crippen molar-refractivity contribution in [1.82, 2.24) is 0 Å². The van der Waals surface area contributed by atoms with Crippen molar-refractivity contribution in [2.45, 2.75) is 185 Å². The van der Waals surface area contributed by atoms with Gasteiger partial charge in [0.1, 0.15) is 42.7 Å². The summed E-state index contributed by atoms with van der Waals surface area (Å²) in [4.78, 5) is 0. The molecule has 21 unspecified atom stereocenters. The summed E-state index contributed by atoms with van der Waals surface area (Å²) in [5, 5.41) is 85.2.